The maximum Gasteiger partial charge on any atom is 0.209 e. The minimum Gasteiger partial charge on any atom is -0.494 e. The Kier molecular flexibility index (Phi) is 3.91. The molecule has 5 heteroatoms. The van der Waals surface area contributed by atoms with Crippen molar-refractivity contribution in [3.63, 3.8) is 0 Å². The van der Waals surface area contributed by atoms with E-state index in [4.69, 9.17) is 9.88 Å². The molecule has 0 aliphatic heterocycles. The zero-order valence-corrected chi connectivity index (χ0v) is 8.46. The molecule has 0 unspecified atom stereocenters. The minimum absolute atomic E-state index is 0.0496. The average molecular weight is 214 g/mol. The summed E-state index contributed by atoms with van der Waals surface area (Å²) in [5.74, 6) is 0.657. The summed E-state index contributed by atoms with van der Waals surface area (Å²) in [5, 5.41) is 4.83. The number of ether oxygens (including phenoxy) is 1. The van der Waals surface area contributed by atoms with Crippen LogP contribution in [0.5, 0.6) is 5.75 Å². The minimum atomic E-state index is -3.36. The first-order chi connectivity index (χ1) is 6.58. The van der Waals surface area contributed by atoms with Crippen molar-refractivity contribution in [2.24, 2.45) is 5.14 Å². The summed E-state index contributed by atoms with van der Waals surface area (Å²) in [7, 11) is -3.36. The van der Waals surface area contributed by atoms with Gasteiger partial charge in [0.05, 0.1) is 12.4 Å². The molecule has 1 rings (SSSR count). The monoisotopic (exact) mass is 214 g/mol. The second kappa shape index (κ2) is 4.97. The van der Waals surface area contributed by atoms with Gasteiger partial charge in [0.25, 0.3) is 0 Å². The number of hydrogen-bond acceptors (Lipinski definition) is 3. The fourth-order valence-electron chi connectivity index (χ4n) is 0.918. The number of primary sulfonamides is 1. The lowest BCUT2D eigenvalue weighted by atomic mass is 10.3. The van der Waals surface area contributed by atoms with Crippen LogP contribution in [-0.4, -0.2) is 20.8 Å². The van der Waals surface area contributed by atoms with E-state index in [1.807, 2.05) is 0 Å². The highest BCUT2D eigenvalue weighted by Crippen LogP contribution is 2.07. The van der Waals surface area contributed by atoms with Gasteiger partial charge in [-0.3, -0.25) is 0 Å². The van der Waals surface area contributed by atoms with Gasteiger partial charge in [-0.1, -0.05) is 12.1 Å². The first-order valence-corrected chi connectivity index (χ1v) is 5.89. The highest BCUT2D eigenvalue weighted by Gasteiger charge is 2.01. The van der Waals surface area contributed by atoms with Crippen molar-refractivity contribution in [2.45, 2.75) is 6.42 Å². The largest absolute Gasteiger partial charge is 0.494 e. The second-order valence-electron chi connectivity index (χ2n) is 2.80. The van der Waals surface area contributed by atoms with Crippen molar-refractivity contribution >= 4 is 10.0 Å². The zero-order valence-electron chi connectivity index (χ0n) is 7.64. The van der Waals surface area contributed by atoms with Crippen LogP contribution < -0.4 is 9.88 Å². The van der Waals surface area contributed by atoms with E-state index in [2.05, 4.69) is 6.07 Å². The zero-order chi connectivity index (χ0) is 10.4. The van der Waals surface area contributed by atoms with Crippen molar-refractivity contribution in [1.29, 1.82) is 0 Å². The molecule has 14 heavy (non-hydrogen) atoms. The van der Waals surface area contributed by atoms with Crippen molar-refractivity contribution in [2.75, 3.05) is 12.4 Å². The predicted octanol–water partition coefficient (Wildman–Crippen LogP) is 0.544. The topological polar surface area (TPSA) is 69.4 Å². The Labute approximate surface area is 83.7 Å². The number of rotatable bonds is 5. The summed E-state index contributed by atoms with van der Waals surface area (Å²) in [6.07, 6.45) is 0.400. The van der Waals surface area contributed by atoms with E-state index in [-0.39, 0.29) is 5.75 Å². The number of benzene rings is 1. The van der Waals surface area contributed by atoms with Gasteiger partial charge in [0.2, 0.25) is 10.0 Å². The normalized spacial score (nSPS) is 11.2. The Morgan fingerprint density at radius 3 is 2.57 bits per heavy atom. The summed E-state index contributed by atoms with van der Waals surface area (Å²) in [4.78, 5) is 0. The maximum absolute atomic E-state index is 10.6. The lowest BCUT2D eigenvalue weighted by Crippen LogP contribution is -2.18. The van der Waals surface area contributed by atoms with Gasteiger partial charge in [-0.15, -0.1) is 0 Å². The molecule has 0 amide bonds. The third kappa shape index (κ3) is 4.84. The SMILES string of the molecule is NS(=O)(=O)CCCOc1cc[c]cc1. The van der Waals surface area contributed by atoms with E-state index in [9.17, 15) is 8.42 Å². The quantitative estimate of drug-likeness (QED) is 0.727. The molecule has 77 valence electrons. The number of sulfonamides is 1. The van der Waals surface area contributed by atoms with Crippen LogP contribution in [0.15, 0.2) is 24.3 Å². The smallest absolute Gasteiger partial charge is 0.209 e. The van der Waals surface area contributed by atoms with Gasteiger partial charge in [0.1, 0.15) is 5.75 Å². The van der Waals surface area contributed by atoms with Crippen molar-refractivity contribution in [3.8, 4) is 5.75 Å². The molecule has 0 aliphatic carbocycles. The molecule has 0 fully saturated rings. The summed E-state index contributed by atoms with van der Waals surface area (Å²) < 4.78 is 26.4. The fourth-order valence-corrected chi connectivity index (χ4v) is 1.44. The highest BCUT2D eigenvalue weighted by atomic mass is 32.2. The summed E-state index contributed by atoms with van der Waals surface area (Å²) >= 11 is 0. The van der Waals surface area contributed by atoms with Gasteiger partial charge in [-0.25, -0.2) is 13.6 Å². The summed E-state index contributed by atoms with van der Waals surface area (Å²) in [6.45, 7) is 0.348. The molecule has 0 bridgehead atoms. The molecule has 0 saturated carbocycles. The Hall–Kier alpha value is -1.07. The lowest BCUT2D eigenvalue weighted by molar-refractivity contribution is 0.317. The van der Waals surface area contributed by atoms with Crippen LogP contribution in [0.25, 0.3) is 0 Å². The van der Waals surface area contributed by atoms with Crippen LogP contribution >= 0.6 is 0 Å². The highest BCUT2D eigenvalue weighted by molar-refractivity contribution is 7.89. The summed E-state index contributed by atoms with van der Waals surface area (Å²) in [6, 6.07) is 9.84. The first kappa shape index (κ1) is 11.0. The van der Waals surface area contributed by atoms with Gasteiger partial charge >= 0.3 is 0 Å². The summed E-state index contributed by atoms with van der Waals surface area (Å²) in [5.41, 5.74) is 0. The van der Waals surface area contributed by atoms with Gasteiger partial charge in [0, 0.05) is 0 Å². The molecule has 1 aromatic rings. The average Bonchev–Trinajstić information content (AvgIpc) is 2.13. The maximum atomic E-state index is 10.6. The van der Waals surface area contributed by atoms with Gasteiger partial charge in [0.15, 0.2) is 0 Å². The van der Waals surface area contributed by atoms with Crippen LogP contribution in [0, 0.1) is 6.07 Å². The van der Waals surface area contributed by atoms with Crippen LogP contribution in [0.4, 0.5) is 0 Å². The Balaban J connectivity index is 2.23. The number of hydrogen-bond donors (Lipinski definition) is 1. The predicted molar refractivity (Wildman–Crippen MR) is 53.4 cm³/mol. The molecule has 0 atom stereocenters. The number of nitrogens with two attached hydrogens (primary N) is 1. The van der Waals surface area contributed by atoms with Crippen LogP contribution in [-0.2, 0) is 10.0 Å². The van der Waals surface area contributed by atoms with E-state index in [1.54, 1.807) is 24.3 Å². The molecule has 0 aliphatic rings. The van der Waals surface area contributed by atoms with Gasteiger partial charge in [-0.05, 0) is 24.6 Å². The molecule has 1 aromatic carbocycles. The molecule has 1 radical (unpaired) electrons. The van der Waals surface area contributed by atoms with E-state index in [0.717, 1.165) is 0 Å². The van der Waals surface area contributed by atoms with Crippen LogP contribution in [0.1, 0.15) is 6.42 Å². The molecular formula is C9H12NO3S. The molecule has 0 aromatic heterocycles. The van der Waals surface area contributed by atoms with E-state index < -0.39 is 10.0 Å². The standard InChI is InChI=1S/C9H12NO3S/c10-14(11,12)8-4-7-13-9-5-2-1-3-6-9/h2-3,5-6H,4,7-8H2,(H2,10,11,12). The van der Waals surface area contributed by atoms with E-state index in [0.29, 0.717) is 18.8 Å². The van der Waals surface area contributed by atoms with Crippen molar-refractivity contribution in [3.05, 3.63) is 30.3 Å². The third-order valence-corrected chi connectivity index (χ3v) is 2.39. The molecule has 0 spiro atoms. The Morgan fingerprint density at radius 2 is 2.00 bits per heavy atom. The van der Waals surface area contributed by atoms with E-state index >= 15 is 0 Å². The van der Waals surface area contributed by atoms with Crippen molar-refractivity contribution < 1.29 is 13.2 Å². The van der Waals surface area contributed by atoms with Crippen LogP contribution in [0.2, 0.25) is 0 Å². The van der Waals surface area contributed by atoms with E-state index in [1.165, 1.54) is 0 Å². The second-order valence-corrected chi connectivity index (χ2v) is 4.54. The van der Waals surface area contributed by atoms with Gasteiger partial charge < -0.3 is 4.74 Å². The molecular weight excluding hydrogens is 202 g/mol. The molecule has 0 saturated heterocycles. The molecule has 4 nitrogen and oxygen atoms in total. The fraction of sp³-hybridized carbons (Fsp3) is 0.333. The first-order valence-electron chi connectivity index (χ1n) is 4.17. The Bertz CT molecular complexity index is 361. The van der Waals surface area contributed by atoms with Crippen LogP contribution in [0.3, 0.4) is 0 Å². The molecule has 2 N–H and O–H groups in total. The molecule has 0 heterocycles. The van der Waals surface area contributed by atoms with Gasteiger partial charge in [-0.2, -0.15) is 0 Å². The Morgan fingerprint density at radius 1 is 1.36 bits per heavy atom. The van der Waals surface area contributed by atoms with Crippen molar-refractivity contribution in [1.82, 2.24) is 0 Å². The third-order valence-electron chi connectivity index (χ3n) is 1.53. The lowest BCUT2D eigenvalue weighted by Gasteiger charge is -2.04.